The van der Waals surface area contributed by atoms with Gasteiger partial charge in [0.15, 0.2) is 0 Å². The van der Waals surface area contributed by atoms with E-state index in [1.165, 1.54) is 18.4 Å². The van der Waals surface area contributed by atoms with Crippen molar-refractivity contribution in [1.82, 2.24) is 0 Å². The first-order valence-electron chi connectivity index (χ1n) is 5.15. The third-order valence-electron chi connectivity index (χ3n) is 3.00. The van der Waals surface area contributed by atoms with Crippen molar-refractivity contribution >= 4 is 23.2 Å². The largest absolute Gasteiger partial charge is 0.123 e. The smallest absolute Gasteiger partial charge is 0.0406 e. The van der Waals surface area contributed by atoms with Gasteiger partial charge in [0.05, 0.1) is 0 Å². The molecular weight excluding hydrogens is 215 g/mol. The Balaban J connectivity index is 2.05. The summed E-state index contributed by atoms with van der Waals surface area (Å²) in [6, 6.07) is 8.23. The lowest BCUT2D eigenvalue weighted by Gasteiger charge is -2.25. The van der Waals surface area contributed by atoms with E-state index >= 15 is 0 Å². The van der Waals surface area contributed by atoms with Gasteiger partial charge in [-0.05, 0) is 49.3 Å². The maximum Gasteiger partial charge on any atom is 0.0406 e. The fourth-order valence-electron chi connectivity index (χ4n) is 2.12. The summed E-state index contributed by atoms with van der Waals surface area (Å²) in [7, 11) is 0. The van der Waals surface area contributed by atoms with E-state index < -0.39 is 0 Å². The minimum absolute atomic E-state index is 0.401. The Morgan fingerprint density at radius 2 is 1.50 bits per heavy atom. The number of rotatable bonds is 1. The van der Waals surface area contributed by atoms with Gasteiger partial charge in [-0.25, -0.2) is 0 Å². The first-order chi connectivity index (χ1) is 6.75. The summed E-state index contributed by atoms with van der Waals surface area (Å²) in [4.78, 5) is 0. The Morgan fingerprint density at radius 3 is 2.07 bits per heavy atom. The van der Waals surface area contributed by atoms with Gasteiger partial charge in [-0.3, -0.25) is 0 Å². The molecule has 2 heteroatoms. The molecule has 1 fully saturated rings. The highest BCUT2D eigenvalue weighted by Crippen LogP contribution is 2.35. The van der Waals surface area contributed by atoms with Gasteiger partial charge in [-0.15, -0.1) is 11.6 Å². The molecule has 0 unspecified atom stereocenters. The van der Waals surface area contributed by atoms with E-state index in [4.69, 9.17) is 23.2 Å². The monoisotopic (exact) mass is 228 g/mol. The van der Waals surface area contributed by atoms with Crippen molar-refractivity contribution in [3.8, 4) is 0 Å². The highest BCUT2D eigenvalue weighted by molar-refractivity contribution is 6.30. The van der Waals surface area contributed by atoms with Crippen LogP contribution >= 0.6 is 23.2 Å². The minimum atomic E-state index is 0.401. The highest BCUT2D eigenvalue weighted by atomic mass is 35.5. The summed E-state index contributed by atoms with van der Waals surface area (Å²) >= 11 is 11.9. The van der Waals surface area contributed by atoms with Crippen molar-refractivity contribution in [2.45, 2.75) is 37.0 Å². The predicted molar refractivity (Wildman–Crippen MR) is 62.3 cm³/mol. The van der Waals surface area contributed by atoms with Crippen LogP contribution in [0.15, 0.2) is 24.3 Å². The van der Waals surface area contributed by atoms with Gasteiger partial charge in [0, 0.05) is 10.4 Å². The van der Waals surface area contributed by atoms with Crippen molar-refractivity contribution in [3.63, 3.8) is 0 Å². The molecule has 0 bridgehead atoms. The van der Waals surface area contributed by atoms with E-state index in [9.17, 15) is 0 Å². The molecule has 1 saturated carbocycles. The van der Waals surface area contributed by atoms with Crippen molar-refractivity contribution in [2.24, 2.45) is 0 Å². The molecule has 2 rings (SSSR count). The number of hydrogen-bond acceptors (Lipinski definition) is 0. The van der Waals surface area contributed by atoms with Crippen LogP contribution in [0.5, 0.6) is 0 Å². The van der Waals surface area contributed by atoms with Gasteiger partial charge in [-0.1, -0.05) is 23.7 Å². The van der Waals surface area contributed by atoms with E-state index in [0.29, 0.717) is 11.3 Å². The van der Waals surface area contributed by atoms with Crippen molar-refractivity contribution in [3.05, 3.63) is 34.9 Å². The standard InChI is InChI=1S/C12H14Cl2/c13-11-5-1-9(2-6-11)10-3-7-12(14)8-4-10/h1-2,5-6,10,12H,3-4,7-8H2. The fraction of sp³-hybridized carbons (Fsp3) is 0.500. The van der Waals surface area contributed by atoms with Gasteiger partial charge >= 0.3 is 0 Å². The van der Waals surface area contributed by atoms with E-state index in [0.717, 1.165) is 17.9 Å². The van der Waals surface area contributed by atoms with E-state index in [1.54, 1.807) is 0 Å². The molecular formula is C12H14Cl2. The van der Waals surface area contributed by atoms with Crippen LogP contribution in [0, 0.1) is 0 Å². The van der Waals surface area contributed by atoms with Crippen LogP contribution < -0.4 is 0 Å². The van der Waals surface area contributed by atoms with Gasteiger partial charge in [0.1, 0.15) is 0 Å². The number of halogens is 2. The molecule has 0 amide bonds. The third-order valence-corrected chi connectivity index (χ3v) is 3.69. The molecule has 0 aliphatic heterocycles. The number of hydrogen-bond donors (Lipinski definition) is 0. The molecule has 76 valence electrons. The first-order valence-corrected chi connectivity index (χ1v) is 5.96. The van der Waals surface area contributed by atoms with Crippen LogP contribution in [0.1, 0.15) is 37.2 Å². The molecule has 0 aromatic heterocycles. The summed E-state index contributed by atoms with van der Waals surface area (Å²) in [5.41, 5.74) is 1.41. The Kier molecular flexibility index (Phi) is 3.35. The molecule has 0 radical (unpaired) electrons. The van der Waals surface area contributed by atoms with Gasteiger partial charge in [0.2, 0.25) is 0 Å². The average molecular weight is 229 g/mol. The SMILES string of the molecule is Clc1ccc(C2CCC(Cl)CC2)cc1. The zero-order valence-corrected chi connectivity index (χ0v) is 9.56. The Hall–Kier alpha value is -0.200. The molecule has 0 nitrogen and oxygen atoms in total. The van der Waals surface area contributed by atoms with Gasteiger partial charge in [0.25, 0.3) is 0 Å². The molecule has 0 heterocycles. The topological polar surface area (TPSA) is 0 Å². The van der Waals surface area contributed by atoms with Gasteiger partial charge < -0.3 is 0 Å². The second-order valence-corrected chi connectivity index (χ2v) is 5.05. The number of benzene rings is 1. The molecule has 0 N–H and O–H groups in total. The number of alkyl halides is 1. The molecule has 1 aromatic rings. The zero-order valence-electron chi connectivity index (χ0n) is 8.05. The Labute approximate surface area is 95.2 Å². The van der Waals surface area contributed by atoms with Crippen molar-refractivity contribution in [1.29, 1.82) is 0 Å². The zero-order chi connectivity index (χ0) is 9.97. The summed E-state index contributed by atoms with van der Waals surface area (Å²) in [6.07, 6.45) is 4.73. The molecule has 1 aromatic carbocycles. The predicted octanol–water partition coefficient (Wildman–Crippen LogP) is 4.61. The lowest BCUT2D eigenvalue weighted by molar-refractivity contribution is 0.449. The van der Waals surface area contributed by atoms with Crippen molar-refractivity contribution in [2.75, 3.05) is 0 Å². The normalized spacial score (nSPS) is 27.6. The quantitative estimate of drug-likeness (QED) is 0.617. The molecule has 1 aliphatic carbocycles. The molecule has 0 spiro atoms. The summed E-state index contributed by atoms with van der Waals surface area (Å²) in [6.45, 7) is 0. The van der Waals surface area contributed by atoms with Crippen LogP contribution in [-0.2, 0) is 0 Å². The maximum atomic E-state index is 6.07. The van der Waals surface area contributed by atoms with Crippen LogP contribution in [0.4, 0.5) is 0 Å². The third kappa shape index (κ3) is 2.43. The van der Waals surface area contributed by atoms with E-state index in [2.05, 4.69) is 12.1 Å². The van der Waals surface area contributed by atoms with Gasteiger partial charge in [-0.2, -0.15) is 0 Å². The van der Waals surface area contributed by atoms with Crippen LogP contribution in [0.2, 0.25) is 5.02 Å². The summed E-state index contributed by atoms with van der Waals surface area (Å²) < 4.78 is 0. The second kappa shape index (κ2) is 4.55. The first kappa shape index (κ1) is 10.3. The molecule has 0 saturated heterocycles. The molecule has 0 atom stereocenters. The summed E-state index contributed by atoms with van der Waals surface area (Å²) in [5, 5.41) is 1.22. The van der Waals surface area contributed by atoms with Crippen molar-refractivity contribution < 1.29 is 0 Å². The Bertz CT molecular complexity index is 284. The van der Waals surface area contributed by atoms with E-state index in [1.807, 2.05) is 12.1 Å². The minimum Gasteiger partial charge on any atom is -0.123 e. The second-order valence-electron chi connectivity index (χ2n) is 4.00. The Morgan fingerprint density at radius 1 is 0.929 bits per heavy atom. The van der Waals surface area contributed by atoms with E-state index in [-0.39, 0.29) is 0 Å². The lowest BCUT2D eigenvalue weighted by atomic mass is 9.84. The fourth-order valence-corrected chi connectivity index (χ4v) is 2.50. The van der Waals surface area contributed by atoms with Crippen LogP contribution in [0.25, 0.3) is 0 Å². The van der Waals surface area contributed by atoms with Crippen LogP contribution in [0.3, 0.4) is 0 Å². The molecule has 1 aliphatic rings. The summed E-state index contributed by atoms with van der Waals surface area (Å²) in [5.74, 6) is 0.697. The maximum absolute atomic E-state index is 6.07. The highest BCUT2D eigenvalue weighted by Gasteiger charge is 2.20. The molecule has 14 heavy (non-hydrogen) atoms. The average Bonchev–Trinajstić information content (AvgIpc) is 2.21. The lowest BCUT2D eigenvalue weighted by Crippen LogP contribution is -2.12. The van der Waals surface area contributed by atoms with Crippen LogP contribution in [-0.4, -0.2) is 5.38 Å².